The lowest BCUT2D eigenvalue weighted by molar-refractivity contribution is -0.118. The second-order valence-corrected chi connectivity index (χ2v) is 8.72. The highest BCUT2D eigenvalue weighted by molar-refractivity contribution is 7.80. The van der Waals surface area contributed by atoms with E-state index in [1.165, 1.54) is 13.2 Å². The van der Waals surface area contributed by atoms with E-state index in [2.05, 4.69) is 10.2 Å². The van der Waals surface area contributed by atoms with Gasteiger partial charge in [0.05, 0.1) is 17.8 Å². The molecular weight excluding hydrogens is 489 g/mol. The van der Waals surface area contributed by atoms with Gasteiger partial charge in [0.1, 0.15) is 10.8 Å². The van der Waals surface area contributed by atoms with Gasteiger partial charge in [-0.3, -0.25) is 4.79 Å². The molecule has 1 N–H and O–H groups in total. The maximum Gasteiger partial charge on any atom is 0.262 e. The van der Waals surface area contributed by atoms with Crippen LogP contribution in [-0.4, -0.2) is 55.7 Å². The van der Waals surface area contributed by atoms with Gasteiger partial charge < -0.3 is 24.6 Å². The van der Waals surface area contributed by atoms with Gasteiger partial charge in [0.25, 0.3) is 5.91 Å². The van der Waals surface area contributed by atoms with Crippen LogP contribution < -0.4 is 19.7 Å². The average Bonchev–Trinajstić information content (AvgIpc) is 2.88. The Morgan fingerprint density at radius 2 is 1.74 bits per heavy atom. The van der Waals surface area contributed by atoms with Gasteiger partial charge in [-0.05, 0) is 36.4 Å². The second-order valence-electron chi connectivity index (χ2n) is 7.92. The zero-order valence-electron chi connectivity index (χ0n) is 19.2. The van der Waals surface area contributed by atoms with E-state index in [0.717, 1.165) is 0 Å². The van der Waals surface area contributed by atoms with E-state index in [9.17, 15) is 9.18 Å². The van der Waals surface area contributed by atoms with E-state index in [0.29, 0.717) is 58.9 Å². The number of rotatable bonds is 7. The third kappa shape index (κ3) is 6.01. The van der Waals surface area contributed by atoms with Crippen molar-refractivity contribution in [2.75, 3.05) is 50.1 Å². The van der Waals surface area contributed by atoms with E-state index in [-0.39, 0.29) is 24.1 Å². The molecule has 1 aliphatic heterocycles. The van der Waals surface area contributed by atoms with Gasteiger partial charge in [-0.15, -0.1) is 0 Å². The van der Waals surface area contributed by atoms with E-state index in [1.54, 1.807) is 36.4 Å². The highest BCUT2D eigenvalue weighted by Crippen LogP contribution is 2.37. The van der Waals surface area contributed by atoms with Crippen LogP contribution in [0, 0.1) is 5.82 Å². The van der Waals surface area contributed by atoms with E-state index in [1.807, 2.05) is 29.2 Å². The van der Waals surface area contributed by atoms with Crippen molar-refractivity contribution in [1.82, 2.24) is 4.90 Å². The predicted molar refractivity (Wildman–Crippen MR) is 140 cm³/mol. The number of hydrogen-bond acceptors (Lipinski definition) is 5. The number of nitrogens with one attached hydrogen (secondary N) is 1. The van der Waals surface area contributed by atoms with Crippen LogP contribution in [0.4, 0.5) is 15.8 Å². The number of para-hydroxylation sites is 2. The summed E-state index contributed by atoms with van der Waals surface area (Å²) < 4.78 is 25.3. The maximum absolute atomic E-state index is 14.1. The van der Waals surface area contributed by atoms with Crippen molar-refractivity contribution in [1.29, 1.82) is 0 Å². The fraction of sp³-hybridized carbons (Fsp3) is 0.231. The molecule has 1 saturated heterocycles. The Labute approximate surface area is 214 Å². The van der Waals surface area contributed by atoms with Crippen molar-refractivity contribution in [2.24, 2.45) is 0 Å². The summed E-state index contributed by atoms with van der Waals surface area (Å²) >= 11 is 12.2. The summed E-state index contributed by atoms with van der Waals surface area (Å²) in [5.74, 6) is 0.107. The van der Waals surface area contributed by atoms with Gasteiger partial charge in [-0.1, -0.05) is 54.2 Å². The summed E-state index contributed by atoms with van der Waals surface area (Å²) in [6, 6.07) is 19.3. The Kier molecular flexibility index (Phi) is 8.05. The number of nitrogens with zero attached hydrogens (tertiary/aromatic N) is 2. The maximum atomic E-state index is 14.1. The van der Waals surface area contributed by atoms with Crippen LogP contribution in [0.15, 0.2) is 66.7 Å². The van der Waals surface area contributed by atoms with Crippen LogP contribution in [0.1, 0.15) is 5.56 Å². The number of carbonyl (C=O) groups is 1. The lowest BCUT2D eigenvalue weighted by Gasteiger charge is -2.37. The normalized spacial score (nSPS) is 13.3. The summed E-state index contributed by atoms with van der Waals surface area (Å²) in [5, 5.41) is 3.05. The molecular formula is C26H25ClFN3O3S. The molecule has 0 spiro atoms. The fourth-order valence-electron chi connectivity index (χ4n) is 3.88. The number of benzene rings is 3. The molecule has 1 fully saturated rings. The van der Waals surface area contributed by atoms with Crippen LogP contribution >= 0.6 is 23.8 Å². The molecule has 182 valence electrons. The van der Waals surface area contributed by atoms with E-state index in [4.69, 9.17) is 33.3 Å². The van der Waals surface area contributed by atoms with Crippen LogP contribution in [-0.2, 0) is 4.79 Å². The number of halogens is 2. The number of hydrogen-bond donors (Lipinski definition) is 1. The first-order chi connectivity index (χ1) is 17.0. The third-order valence-electron chi connectivity index (χ3n) is 5.64. The van der Waals surface area contributed by atoms with Crippen molar-refractivity contribution < 1.29 is 18.7 Å². The minimum atomic E-state index is -0.318. The highest BCUT2D eigenvalue weighted by atomic mass is 35.5. The molecule has 9 heteroatoms. The Morgan fingerprint density at radius 1 is 1.06 bits per heavy atom. The molecule has 0 radical (unpaired) electrons. The Balaban J connectivity index is 1.39. The molecule has 6 nitrogen and oxygen atoms in total. The van der Waals surface area contributed by atoms with Crippen LogP contribution in [0.5, 0.6) is 11.5 Å². The first kappa shape index (κ1) is 24.8. The van der Waals surface area contributed by atoms with Gasteiger partial charge in [-0.2, -0.15) is 0 Å². The predicted octanol–water partition coefficient (Wildman–Crippen LogP) is 5.00. The number of carbonyl (C=O) groups excluding carboxylic acids is 1. The summed E-state index contributed by atoms with van der Waals surface area (Å²) in [6.45, 7) is 2.34. The lowest BCUT2D eigenvalue weighted by atomic mass is 10.1. The smallest absolute Gasteiger partial charge is 0.262 e. The number of piperazine rings is 1. The number of anilines is 2. The van der Waals surface area contributed by atoms with Gasteiger partial charge in [0.15, 0.2) is 18.1 Å². The Hall–Kier alpha value is -3.36. The van der Waals surface area contributed by atoms with Gasteiger partial charge >= 0.3 is 0 Å². The molecule has 0 bridgehead atoms. The van der Waals surface area contributed by atoms with E-state index >= 15 is 0 Å². The number of ether oxygens (including phenoxy) is 2. The molecule has 0 unspecified atom stereocenters. The Bertz CT molecular complexity index is 1200. The first-order valence-corrected chi connectivity index (χ1v) is 11.9. The first-order valence-electron chi connectivity index (χ1n) is 11.1. The Morgan fingerprint density at radius 3 is 2.43 bits per heavy atom. The average molecular weight is 514 g/mol. The van der Waals surface area contributed by atoms with E-state index < -0.39 is 0 Å². The molecule has 3 aromatic rings. The SMILES string of the molecule is COc1cc(C(=S)N2CCN(c3ccccc3F)CC2)cc(Cl)c1OCC(=O)Nc1ccccc1. The molecule has 4 rings (SSSR count). The molecule has 0 aromatic heterocycles. The summed E-state index contributed by atoms with van der Waals surface area (Å²) in [6.07, 6.45) is 0. The largest absolute Gasteiger partial charge is 0.493 e. The van der Waals surface area contributed by atoms with Crippen molar-refractivity contribution in [3.8, 4) is 11.5 Å². The monoisotopic (exact) mass is 513 g/mol. The van der Waals surface area contributed by atoms with Gasteiger partial charge in [0.2, 0.25) is 0 Å². The molecule has 0 aliphatic carbocycles. The minimum Gasteiger partial charge on any atom is -0.493 e. The van der Waals surface area contributed by atoms with Crippen molar-refractivity contribution in [3.05, 3.63) is 83.1 Å². The lowest BCUT2D eigenvalue weighted by Crippen LogP contribution is -2.48. The zero-order valence-corrected chi connectivity index (χ0v) is 20.7. The van der Waals surface area contributed by atoms with Gasteiger partial charge in [-0.25, -0.2) is 4.39 Å². The molecule has 0 saturated carbocycles. The highest BCUT2D eigenvalue weighted by Gasteiger charge is 2.23. The molecule has 1 amide bonds. The standard InChI is InChI=1S/C26H25ClFN3O3S/c1-33-23-16-18(15-20(27)25(23)34-17-24(32)29-19-7-3-2-4-8-19)26(35)31-13-11-30(12-14-31)22-10-6-5-9-21(22)28/h2-10,15-16H,11-14,17H2,1H3,(H,29,32). The topological polar surface area (TPSA) is 54.0 Å². The summed E-state index contributed by atoms with van der Waals surface area (Å²) in [7, 11) is 1.50. The van der Waals surface area contributed by atoms with Crippen molar-refractivity contribution in [3.63, 3.8) is 0 Å². The van der Waals surface area contributed by atoms with Crippen LogP contribution in [0.25, 0.3) is 0 Å². The minimum absolute atomic E-state index is 0.229. The third-order valence-corrected chi connectivity index (χ3v) is 6.42. The second kappa shape index (κ2) is 11.4. The molecule has 35 heavy (non-hydrogen) atoms. The summed E-state index contributed by atoms with van der Waals surface area (Å²) in [5.41, 5.74) is 1.98. The quantitative estimate of drug-likeness (QED) is 0.449. The number of amides is 1. The summed E-state index contributed by atoms with van der Waals surface area (Å²) in [4.78, 5) is 16.9. The fourth-order valence-corrected chi connectivity index (χ4v) is 4.45. The molecule has 1 aliphatic rings. The number of thiocarbonyl (C=S) groups is 1. The molecule has 3 aromatic carbocycles. The number of methoxy groups -OCH3 is 1. The van der Waals surface area contributed by atoms with Crippen molar-refractivity contribution >= 4 is 46.1 Å². The zero-order chi connectivity index (χ0) is 24.8. The molecule has 1 heterocycles. The van der Waals surface area contributed by atoms with Crippen molar-refractivity contribution in [2.45, 2.75) is 0 Å². The van der Waals surface area contributed by atoms with Crippen LogP contribution in [0.3, 0.4) is 0 Å². The molecule has 0 atom stereocenters. The van der Waals surface area contributed by atoms with Crippen LogP contribution in [0.2, 0.25) is 5.02 Å². The van der Waals surface area contributed by atoms with Gasteiger partial charge in [0, 0.05) is 37.4 Å².